The van der Waals surface area contributed by atoms with E-state index in [1.54, 1.807) is 29.8 Å². The Morgan fingerprint density at radius 3 is 2.62 bits per heavy atom. The number of aromatic nitrogens is 3. The van der Waals surface area contributed by atoms with Crippen LogP contribution in [0.5, 0.6) is 0 Å². The maximum Gasteiger partial charge on any atom is 0.306 e. The molecule has 3 aromatic rings. The van der Waals surface area contributed by atoms with E-state index >= 15 is 0 Å². The number of carbonyl (C=O) groups is 4. The molecule has 1 spiro atoms. The first kappa shape index (κ1) is 32.2. The fourth-order valence-corrected chi connectivity index (χ4v) is 8.05. The molecule has 0 saturated carbocycles. The number of benzene rings is 2. The molecule has 2 aromatic carbocycles. The first-order valence-electron chi connectivity index (χ1n) is 16.0. The number of halogens is 1. The number of hydrogen-bond acceptors (Lipinski definition) is 9. The molecule has 2 saturated heterocycles. The van der Waals surface area contributed by atoms with E-state index in [1.807, 2.05) is 54.6 Å². The van der Waals surface area contributed by atoms with Gasteiger partial charge in [0.2, 0.25) is 11.8 Å². The summed E-state index contributed by atoms with van der Waals surface area (Å²) in [5.74, 6) is -3.87. The van der Waals surface area contributed by atoms with E-state index in [0.717, 1.165) is 5.56 Å². The first-order chi connectivity index (χ1) is 23.2. The van der Waals surface area contributed by atoms with Crippen molar-refractivity contribution in [2.45, 2.75) is 56.3 Å². The van der Waals surface area contributed by atoms with Crippen LogP contribution in [0.4, 0.5) is 0 Å². The highest BCUT2D eigenvalue weighted by molar-refractivity contribution is 9.11. The molecule has 48 heavy (non-hydrogen) atoms. The second kappa shape index (κ2) is 12.9. The lowest BCUT2D eigenvalue weighted by molar-refractivity contribution is -0.151. The van der Waals surface area contributed by atoms with Crippen LogP contribution in [0, 0.1) is 11.8 Å². The smallest absolute Gasteiger partial charge is 0.306 e. The van der Waals surface area contributed by atoms with Crippen molar-refractivity contribution in [3.05, 3.63) is 82.9 Å². The predicted octanol–water partition coefficient (Wildman–Crippen LogP) is 2.22. The Morgan fingerprint density at radius 1 is 1.06 bits per heavy atom. The number of ether oxygens (including phenoxy) is 2. The van der Waals surface area contributed by atoms with Crippen LogP contribution in [0.2, 0.25) is 0 Å². The summed E-state index contributed by atoms with van der Waals surface area (Å²) in [5, 5.41) is 21.8. The van der Waals surface area contributed by atoms with Gasteiger partial charge in [-0.25, -0.2) is 4.68 Å². The number of para-hydroxylation sites is 1. The van der Waals surface area contributed by atoms with Crippen LogP contribution < -0.4 is 5.32 Å². The van der Waals surface area contributed by atoms with Crippen LogP contribution >= 0.6 is 15.9 Å². The lowest BCUT2D eigenvalue weighted by Crippen LogP contribution is -2.58. The Balaban J connectivity index is 1.31. The summed E-state index contributed by atoms with van der Waals surface area (Å²) in [6, 6.07) is 13.9. The minimum atomic E-state index is -1.49. The number of fused-ring (bicyclic) bond motifs is 3. The molecule has 7 rings (SSSR count). The van der Waals surface area contributed by atoms with Crippen molar-refractivity contribution in [1.82, 2.24) is 30.1 Å². The van der Waals surface area contributed by atoms with Crippen molar-refractivity contribution in [3.8, 4) is 0 Å². The summed E-state index contributed by atoms with van der Waals surface area (Å²) in [6.45, 7) is 1.26. The number of likely N-dealkylation sites (tertiary alicyclic amines) is 1. The van der Waals surface area contributed by atoms with Gasteiger partial charge in [-0.3, -0.25) is 19.2 Å². The fourth-order valence-electron chi connectivity index (χ4n) is 7.31. The van der Waals surface area contributed by atoms with Gasteiger partial charge in [-0.2, -0.15) is 0 Å². The second-order valence-electron chi connectivity index (χ2n) is 12.5. The third-order valence-corrected chi connectivity index (χ3v) is 10.3. The summed E-state index contributed by atoms with van der Waals surface area (Å²) in [6.07, 6.45) is 4.96. The molecule has 5 heterocycles. The van der Waals surface area contributed by atoms with Gasteiger partial charge in [-0.1, -0.05) is 75.8 Å². The summed E-state index contributed by atoms with van der Waals surface area (Å²) in [7, 11) is 0. The quantitative estimate of drug-likeness (QED) is 0.298. The number of allylic oxidation sites excluding steroid dienone is 1. The molecule has 13 nitrogen and oxygen atoms in total. The zero-order chi connectivity index (χ0) is 33.6. The predicted molar refractivity (Wildman–Crippen MR) is 175 cm³/mol. The summed E-state index contributed by atoms with van der Waals surface area (Å²) < 4.78 is 14.4. The van der Waals surface area contributed by atoms with Crippen molar-refractivity contribution in [2.24, 2.45) is 11.8 Å². The molecule has 14 heteroatoms. The van der Waals surface area contributed by atoms with Crippen LogP contribution in [0.15, 0.2) is 77.3 Å². The molecule has 2 N–H and O–H groups in total. The Bertz CT molecular complexity index is 1810. The molecular formula is C34H35BrN6O7. The molecule has 4 aliphatic rings. The molecule has 4 aliphatic heterocycles. The summed E-state index contributed by atoms with van der Waals surface area (Å²) in [5.41, 5.74) is 0.604. The zero-order valence-corrected chi connectivity index (χ0v) is 27.7. The van der Waals surface area contributed by atoms with Gasteiger partial charge in [0.05, 0.1) is 36.0 Å². The highest BCUT2D eigenvalue weighted by Crippen LogP contribution is 2.59. The molecule has 1 aromatic heterocycles. The third-order valence-electron chi connectivity index (χ3n) is 9.61. The number of esters is 1. The standard InChI is InChI=1S/C34H35BrN6O7/c1-20(17-42)41-30-33(46)39(19-40-25-13-8-7-12-23(25)37-38-40)15-9-3-6-14-26(43)47-18-24(21-10-4-2-5-11-21)36-31(44)27-28(32(41)45)34(30)16-22(35)29(27)48-34/h2-5,7-13,16,20,24,27-30,42H,6,14-15,17-19H2,1H3,(H,36,44)/b9-3-/t20-,24-,27-,28+,29-,30-,34+/m1/s1. The molecule has 250 valence electrons. The van der Waals surface area contributed by atoms with Gasteiger partial charge < -0.3 is 29.7 Å². The first-order valence-corrected chi connectivity index (χ1v) is 16.7. The second-order valence-corrected chi connectivity index (χ2v) is 13.5. The minimum Gasteiger partial charge on any atom is -0.463 e. The van der Waals surface area contributed by atoms with Crippen molar-refractivity contribution < 1.29 is 33.8 Å². The lowest BCUT2D eigenvalue weighted by atomic mass is 9.74. The zero-order valence-electron chi connectivity index (χ0n) is 26.1. The molecule has 0 radical (unpaired) electrons. The number of amides is 3. The number of nitrogens with zero attached hydrogens (tertiary/aromatic N) is 5. The minimum absolute atomic E-state index is 0.00447. The van der Waals surface area contributed by atoms with Crippen molar-refractivity contribution in [2.75, 3.05) is 19.8 Å². The van der Waals surface area contributed by atoms with E-state index in [-0.39, 0.29) is 26.2 Å². The van der Waals surface area contributed by atoms with E-state index < -0.39 is 72.0 Å². The third kappa shape index (κ3) is 5.41. The van der Waals surface area contributed by atoms with Gasteiger partial charge in [-0.05, 0) is 37.1 Å². The molecule has 0 unspecified atom stereocenters. The van der Waals surface area contributed by atoms with Gasteiger partial charge in [0.25, 0.3) is 5.91 Å². The van der Waals surface area contributed by atoms with Crippen molar-refractivity contribution in [1.29, 1.82) is 0 Å². The number of rotatable bonds is 5. The van der Waals surface area contributed by atoms with Gasteiger partial charge in [0.15, 0.2) is 0 Å². The molecule has 2 fully saturated rings. The molecule has 5 bridgehead atoms. The van der Waals surface area contributed by atoms with Crippen molar-refractivity contribution in [3.63, 3.8) is 0 Å². The highest BCUT2D eigenvalue weighted by Gasteiger charge is 2.75. The number of aliphatic hydroxyl groups is 1. The maximum atomic E-state index is 14.9. The van der Waals surface area contributed by atoms with Gasteiger partial charge in [-0.15, -0.1) is 5.10 Å². The highest BCUT2D eigenvalue weighted by atomic mass is 79.9. The Labute approximate surface area is 284 Å². The van der Waals surface area contributed by atoms with Crippen LogP contribution in [-0.4, -0.2) is 97.1 Å². The van der Waals surface area contributed by atoms with Gasteiger partial charge in [0, 0.05) is 17.4 Å². The number of cyclic esters (lactones) is 1. The van der Waals surface area contributed by atoms with Crippen molar-refractivity contribution >= 4 is 50.7 Å². The Morgan fingerprint density at radius 2 is 1.83 bits per heavy atom. The average Bonchev–Trinajstić information content (AvgIpc) is 3.82. The molecule has 0 aliphatic carbocycles. The number of carbonyl (C=O) groups excluding carboxylic acids is 4. The maximum absolute atomic E-state index is 14.9. The Kier molecular flexibility index (Phi) is 8.64. The largest absolute Gasteiger partial charge is 0.463 e. The number of hydrogen-bond donors (Lipinski definition) is 2. The van der Waals surface area contributed by atoms with Crippen LogP contribution in [0.3, 0.4) is 0 Å². The van der Waals surface area contributed by atoms with Crippen LogP contribution in [0.1, 0.15) is 31.4 Å². The van der Waals surface area contributed by atoms with Crippen LogP contribution in [0.25, 0.3) is 11.0 Å². The molecular weight excluding hydrogens is 684 g/mol. The van der Waals surface area contributed by atoms with Gasteiger partial charge >= 0.3 is 5.97 Å². The van der Waals surface area contributed by atoms with E-state index in [4.69, 9.17) is 9.47 Å². The van der Waals surface area contributed by atoms with E-state index in [1.165, 1.54) is 9.80 Å². The summed E-state index contributed by atoms with van der Waals surface area (Å²) in [4.78, 5) is 59.2. The summed E-state index contributed by atoms with van der Waals surface area (Å²) >= 11 is 3.58. The van der Waals surface area contributed by atoms with E-state index in [0.29, 0.717) is 21.9 Å². The van der Waals surface area contributed by atoms with Gasteiger partial charge in [0.1, 0.15) is 36.5 Å². The van der Waals surface area contributed by atoms with E-state index in [2.05, 4.69) is 31.6 Å². The number of nitrogens with one attached hydrogen (secondary N) is 1. The average molecular weight is 720 g/mol. The molecule has 7 atom stereocenters. The monoisotopic (exact) mass is 718 g/mol. The normalized spacial score (nSPS) is 30.6. The lowest BCUT2D eigenvalue weighted by Gasteiger charge is -2.37. The van der Waals surface area contributed by atoms with E-state index in [9.17, 15) is 24.3 Å². The molecule has 3 amide bonds. The number of aliphatic hydroxyl groups excluding tert-OH is 1. The Hall–Kier alpha value is -4.40. The fraction of sp³-hybridized carbons (Fsp3) is 0.412. The topological polar surface area (TPSA) is 156 Å². The van der Waals surface area contributed by atoms with Crippen LogP contribution in [-0.2, 0) is 35.3 Å². The SMILES string of the molecule is C[C@H](CO)N1C(=O)[C@@H]2[C@H]3C(=O)N[C@@H](c4ccccc4)COC(=O)CC/C=C\CN(Cn4nnc5ccccc54)C(=O)[C@@H]1[C@]21C=C(Br)[C@H]3O1.